The Morgan fingerprint density at radius 2 is 0.790 bits per heavy atom. The van der Waals surface area contributed by atoms with Crippen LogP contribution >= 0.6 is 136 Å². The molecule has 0 aliphatic carbocycles. The maximum absolute atomic E-state index is 13.7. The Morgan fingerprint density at radius 3 is 1.08 bits per heavy atom. The van der Waals surface area contributed by atoms with Gasteiger partial charge in [-0.3, -0.25) is 34.1 Å². The summed E-state index contributed by atoms with van der Waals surface area (Å²) < 4.78 is 0.731. The average molecular weight is 1550 g/mol. The summed E-state index contributed by atoms with van der Waals surface area (Å²) >= 11 is 10.7. The van der Waals surface area contributed by atoms with Crippen LogP contribution in [0.1, 0.15) is 55.3 Å². The Kier molecular flexibility index (Phi) is 25.3. The van der Waals surface area contributed by atoms with Crippen molar-refractivity contribution in [2.75, 3.05) is 75.5 Å². The molecule has 0 saturated heterocycles. The van der Waals surface area contributed by atoms with Crippen molar-refractivity contribution in [2.24, 2.45) is 0 Å². The number of nitrogens with one attached hydrogen (secondary N) is 4. The molecule has 13 N–H and O–H groups in total. The molecule has 27 heteroatoms. The molecular formula is C35H44I6N6O15. The third-order valence-electron chi connectivity index (χ3n) is 8.43. The first kappa shape index (κ1) is 57.6. The van der Waals surface area contributed by atoms with Crippen LogP contribution in [0, 0.1) is 21.4 Å². The number of rotatable bonds is 23. The van der Waals surface area contributed by atoms with Crippen LogP contribution in [0.5, 0.6) is 0 Å². The van der Waals surface area contributed by atoms with Gasteiger partial charge in [0, 0.05) is 49.8 Å². The van der Waals surface area contributed by atoms with E-state index in [0.29, 0.717) is 0 Å². The number of nitrogens with zero attached hydrogens (tertiary/aromatic N) is 2. The summed E-state index contributed by atoms with van der Waals surface area (Å²) in [5, 5.41) is 98.4. The topological polar surface area (TPSA) is 339 Å². The molecule has 5 amide bonds. The van der Waals surface area contributed by atoms with Gasteiger partial charge in [0.15, 0.2) is 5.78 Å². The highest BCUT2D eigenvalue weighted by Gasteiger charge is 2.35. The molecule has 0 heterocycles. The number of hydrogen-bond donors (Lipinski definition) is 13. The van der Waals surface area contributed by atoms with E-state index in [0.717, 1.165) is 23.6 Å². The highest BCUT2D eigenvalue weighted by Crippen LogP contribution is 2.40. The van der Waals surface area contributed by atoms with Gasteiger partial charge in [-0.25, -0.2) is 0 Å². The van der Waals surface area contributed by atoms with Gasteiger partial charge in [-0.05, 0) is 136 Å². The molecule has 2 rings (SSSR count). The van der Waals surface area contributed by atoms with Crippen LogP contribution in [-0.2, 0) is 9.59 Å². The zero-order valence-electron chi connectivity index (χ0n) is 32.6. The first-order chi connectivity index (χ1) is 29.0. The number of aliphatic hydroxyl groups excluding tert-OH is 9. The van der Waals surface area contributed by atoms with E-state index in [4.69, 9.17) is 0 Å². The van der Waals surface area contributed by atoms with Gasteiger partial charge in [0.1, 0.15) is 6.23 Å². The number of benzene rings is 2. The highest BCUT2D eigenvalue weighted by molar-refractivity contribution is 14.1. The molecule has 0 aliphatic rings. The molecule has 0 spiro atoms. The van der Waals surface area contributed by atoms with Crippen molar-refractivity contribution in [2.45, 2.75) is 44.5 Å². The number of aliphatic hydroxyl groups is 9. The summed E-state index contributed by atoms with van der Waals surface area (Å²) in [6.45, 7) is -3.26. The first-order valence-electron chi connectivity index (χ1n) is 17.9. The summed E-state index contributed by atoms with van der Waals surface area (Å²) in [6, 6.07) is 0. The van der Waals surface area contributed by atoms with Crippen molar-refractivity contribution in [1.29, 1.82) is 0 Å². The van der Waals surface area contributed by atoms with Gasteiger partial charge in [0.2, 0.25) is 11.8 Å². The van der Waals surface area contributed by atoms with E-state index in [1.807, 2.05) is 0 Å². The number of carbonyl (C=O) groups excluding carboxylic acids is 6. The van der Waals surface area contributed by atoms with E-state index in [9.17, 15) is 74.7 Å². The normalized spacial score (nSPS) is 13.7. The molecule has 0 bridgehead atoms. The summed E-state index contributed by atoms with van der Waals surface area (Å²) in [5.41, 5.74) is -0.440. The molecule has 62 heavy (non-hydrogen) atoms. The van der Waals surface area contributed by atoms with E-state index in [-0.39, 0.29) is 74.7 Å². The molecule has 5 unspecified atom stereocenters. The molecule has 0 fully saturated rings. The minimum absolute atomic E-state index is 0.00192. The smallest absolute Gasteiger partial charge is 0.253 e. The molecule has 2 aromatic rings. The fourth-order valence-corrected chi connectivity index (χ4v) is 14.9. The van der Waals surface area contributed by atoms with E-state index in [2.05, 4.69) is 21.3 Å². The third kappa shape index (κ3) is 15.2. The predicted octanol–water partition coefficient (Wildman–Crippen LogP) is -1.59. The van der Waals surface area contributed by atoms with Gasteiger partial charge in [-0.2, -0.15) is 0 Å². The van der Waals surface area contributed by atoms with Crippen molar-refractivity contribution >= 4 is 182 Å². The van der Waals surface area contributed by atoms with Crippen molar-refractivity contribution in [3.63, 3.8) is 0 Å². The summed E-state index contributed by atoms with van der Waals surface area (Å²) in [6.07, 6.45) is -7.08. The van der Waals surface area contributed by atoms with Crippen molar-refractivity contribution in [3.05, 3.63) is 43.7 Å². The zero-order valence-corrected chi connectivity index (χ0v) is 45.5. The molecule has 2 aromatic carbocycles. The van der Waals surface area contributed by atoms with Crippen LogP contribution < -0.4 is 31.1 Å². The third-order valence-corrected chi connectivity index (χ3v) is 14.8. The Hall–Kier alpha value is -0.560. The maximum atomic E-state index is 13.7. The van der Waals surface area contributed by atoms with Crippen LogP contribution in [0.3, 0.4) is 0 Å². The number of halogens is 6. The molecule has 0 aliphatic heterocycles. The van der Waals surface area contributed by atoms with Crippen LogP contribution in [0.4, 0.5) is 11.4 Å². The van der Waals surface area contributed by atoms with Gasteiger partial charge in [0.25, 0.3) is 17.7 Å². The second-order valence-corrected chi connectivity index (χ2v) is 19.6. The van der Waals surface area contributed by atoms with Gasteiger partial charge >= 0.3 is 0 Å². The average Bonchev–Trinajstić information content (AvgIpc) is 3.21. The largest absolute Gasteiger partial charge is 0.394 e. The van der Waals surface area contributed by atoms with Gasteiger partial charge in [0.05, 0.1) is 109 Å². The number of ketones is 1. The van der Waals surface area contributed by atoms with Crippen molar-refractivity contribution in [3.8, 4) is 0 Å². The molecule has 5 atom stereocenters. The Labute approximate surface area is 436 Å². The maximum Gasteiger partial charge on any atom is 0.253 e. The Morgan fingerprint density at radius 1 is 0.484 bits per heavy atom. The molecular weight excluding hydrogens is 1510 g/mol. The summed E-state index contributed by atoms with van der Waals surface area (Å²) in [4.78, 5) is 83.8. The fourth-order valence-electron chi connectivity index (χ4n) is 5.31. The van der Waals surface area contributed by atoms with Crippen LogP contribution in [0.15, 0.2) is 0 Å². The van der Waals surface area contributed by atoms with E-state index < -0.39 is 112 Å². The number of Topliss-reactive ketones (excluding diaryl/α,β-unsaturated/α-hetero) is 1. The van der Waals surface area contributed by atoms with Gasteiger partial charge < -0.3 is 71.7 Å². The molecule has 346 valence electrons. The lowest BCUT2D eigenvalue weighted by Crippen LogP contribution is -2.45. The summed E-state index contributed by atoms with van der Waals surface area (Å²) in [5.74, 6) is -4.45. The van der Waals surface area contributed by atoms with Gasteiger partial charge in [-0.1, -0.05) is 0 Å². The number of anilines is 2. The lowest BCUT2D eigenvalue weighted by Gasteiger charge is -2.32. The molecule has 0 saturated carbocycles. The fraction of sp³-hybridized carbons (Fsp3) is 0.486. The summed E-state index contributed by atoms with van der Waals surface area (Å²) in [7, 11) is 0. The Bertz CT molecular complexity index is 1760. The van der Waals surface area contributed by atoms with Crippen molar-refractivity contribution in [1.82, 2.24) is 21.3 Å². The lowest BCUT2D eigenvalue weighted by atomic mass is 10.0. The lowest BCUT2D eigenvalue weighted by molar-refractivity contribution is -0.117. The molecule has 21 nitrogen and oxygen atoms in total. The minimum Gasteiger partial charge on any atom is -0.394 e. The second-order valence-electron chi connectivity index (χ2n) is 13.1. The number of hydrogen-bond acceptors (Lipinski definition) is 16. The number of amides is 5. The molecule has 0 radical (unpaired) electrons. The Balaban J connectivity index is 2.84. The first-order valence-corrected chi connectivity index (χ1v) is 24.4. The van der Waals surface area contributed by atoms with Crippen LogP contribution in [0.25, 0.3) is 0 Å². The van der Waals surface area contributed by atoms with E-state index >= 15 is 0 Å². The van der Waals surface area contributed by atoms with E-state index in [1.165, 1.54) is 0 Å². The SMILES string of the molecule is CC(=O)N(CC(O)CN(C(C)=O)c1c(I)c(C(=O)NCC(O)CO)c(I)c(C(=O)NCC(O)CO)c1I)c1c(I)c(C(=O)CNC(O)CO)c(I)c(C(=O)NCC(O)CO)c1I. The van der Waals surface area contributed by atoms with Gasteiger partial charge in [-0.15, -0.1) is 0 Å². The van der Waals surface area contributed by atoms with Crippen LogP contribution in [-0.4, -0.2) is 178 Å². The minimum atomic E-state index is -1.62. The van der Waals surface area contributed by atoms with E-state index in [1.54, 1.807) is 136 Å². The second kappa shape index (κ2) is 27.3. The zero-order chi connectivity index (χ0) is 47.3. The monoisotopic (exact) mass is 1550 g/mol. The highest BCUT2D eigenvalue weighted by atomic mass is 127. The number of carbonyl (C=O) groups is 6. The van der Waals surface area contributed by atoms with Crippen molar-refractivity contribution < 1.29 is 74.7 Å². The standard InChI is InChI=1S/C35H44I6N6O15/c1-13(52)46(31-27(38)21(19(58)6-42-20(59)12-51)25(36)22(28(31)39)33(60)43-3-15(54)9-48)7-18(57)8-47(14(2)53)32-29(40)23(34(61)44-4-16(55)10-49)26(37)24(30(32)41)35(62)45-5-17(56)11-50/h15-18,20,42,48-51,54-57,59H,3-12H2,1-2H3,(H,43,60)(H,44,61)(H,45,62). The quantitative estimate of drug-likeness (QED) is 0.0339. The molecule has 0 aromatic heterocycles. The van der Waals surface area contributed by atoms with Crippen LogP contribution in [0.2, 0.25) is 0 Å². The predicted molar refractivity (Wildman–Crippen MR) is 273 cm³/mol.